The third kappa shape index (κ3) is 6.70. The molecule has 0 fully saturated rings. The van der Waals surface area contributed by atoms with Crippen molar-refractivity contribution in [2.24, 2.45) is 5.92 Å². The highest BCUT2D eigenvalue weighted by atomic mass is 32.2. The summed E-state index contributed by atoms with van der Waals surface area (Å²) in [6, 6.07) is 22.7. The number of nitrogens with zero attached hydrogens (tertiary/aromatic N) is 1. The van der Waals surface area contributed by atoms with E-state index >= 15 is 0 Å². The highest BCUT2D eigenvalue weighted by molar-refractivity contribution is 7.92. The molecule has 0 spiro atoms. The van der Waals surface area contributed by atoms with Gasteiger partial charge in [0, 0.05) is 5.56 Å². The molecule has 0 bridgehead atoms. The van der Waals surface area contributed by atoms with Crippen molar-refractivity contribution in [3.05, 3.63) is 101 Å². The van der Waals surface area contributed by atoms with Crippen LogP contribution in [-0.4, -0.2) is 20.6 Å². The van der Waals surface area contributed by atoms with Crippen molar-refractivity contribution < 1.29 is 13.2 Å². The molecule has 0 aliphatic rings. The van der Waals surface area contributed by atoms with Gasteiger partial charge in [-0.3, -0.25) is 9.10 Å². The largest absolute Gasteiger partial charge is 0.345 e. The lowest BCUT2D eigenvalue weighted by Crippen LogP contribution is -2.30. The number of nitrogens with one attached hydrogen (secondary N) is 1. The average molecular weight is 479 g/mol. The van der Waals surface area contributed by atoms with Crippen LogP contribution >= 0.6 is 0 Å². The number of hydrogen-bond acceptors (Lipinski definition) is 3. The standard InChI is InChI=1S/C28H34N2O3S/c1-20(2)17-27(24-9-7-6-8-10-24)29-28(31)25-14-12-23(13-15-25)19-30(34(5,32)33)26-16-11-21(3)22(4)18-26/h6-16,18,20,27H,17,19H2,1-5H3,(H,29,31)/t27-/m0/s1. The van der Waals surface area contributed by atoms with E-state index < -0.39 is 10.0 Å². The van der Waals surface area contributed by atoms with Crippen LogP contribution in [0.2, 0.25) is 0 Å². The molecule has 3 aromatic carbocycles. The van der Waals surface area contributed by atoms with E-state index in [2.05, 4.69) is 19.2 Å². The summed E-state index contributed by atoms with van der Waals surface area (Å²) >= 11 is 0. The second-order valence-corrected chi connectivity index (χ2v) is 11.2. The van der Waals surface area contributed by atoms with Crippen molar-refractivity contribution in [3.8, 4) is 0 Å². The first-order chi connectivity index (χ1) is 16.0. The molecule has 1 amide bonds. The van der Waals surface area contributed by atoms with Crippen LogP contribution in [0.1, 0.15) is 58.9 Å². The number of rotatable bonds is 9. The van der Waals surface area contributed by atoms with Gasteiger partial charge in [0.15, 0.2) is 0 Å². The number of benzene rings is 3. The zero-order chi connectivity index (χ0) is 24.9. The fraction of sp³-hybridized carbons (Fsp3) is 0.321. The summed E-state index contributed by atoms with van der Waals surface area (Å²) in [6.45, 7) is 8.44. The molecule has 0 radical (unpaired) electrons. The number of hydrogen-bond donors (Lipinski definition) is 1. The number of carbonyl (C=O) groups excluding carboxylic acids is 1. The molecule has 180 valence electrons. The minimum Gasteiger partial charge on any atom is -0.345 e. The summed E-state index contributed by atoms with van der Waals surface area (Å²) in [6.07, 6.45) is 2.05. The first kappa shape index (κ1) is 25.5. The van der Waals surface area contributed by atoms with Crippen LogP contribution in [0.3, 0.4) is 0 Å². The van der Waals surface area contributed by atoms with E-state index in [-0.39, 0.29) is 18.5 Å². The molecule has 34 heavy (non-hydrogen) atoms. The van der Waals surface area contributed by atoms with Crippen LogP contribution in [0.25, 0.3) is 0 Å². The number of anilines is 1. The van der Waals surface area contributed by atoms with Crippen molar-refractivity contribution in [2.75, 3.05) is 10.6 Å². The molecule has 5 nitrogen and oxygen atoms in total. The molecule has 0 aromatic heterocycles. The maximum absolute atomic E-state index is 13.0. The third-order valence-electron chi connectivity index (χ3n) is 5.94. The van der Waals surface area contributed by atoms with Gasteiger partial charge >= 0.3 is 0 Å². The van der Waals surface area contributed by atoms with Gasteiger partial charge in [-0.15, -0.1) is 0 Å². The van der Waals surface area contributed by atoms with E-state index in [0.29, 0.717) is 17.2 Å². The summed E-state index contributed by atoms with van der Waals surface area (Å²) in [4.78, 5) is 13.0. The zero-order valence-electron chi connectivity index (χ0n) is 20.6. The van der Waals surface area contributed by atoms with Gasteiger partial charge in [0.05, 0.1) is 24.5 Å². The van der Waals surface area contributed by atoms with Gasteiger partial charge in [-0.1, -0.05) is 62.4 Å². The van der Waals surface area contributed by atoms with Crippen molar-refractivity contribution in [1.82, 2.24) is 5.32 Å². The first-order valence-corrected chi connectivity index (χ1v) is 13.4. The second kappa shape index (κ2) is 10.9. The summed E-state index contributed by atoms with van der Waals surface area (Å²) in [5, 5.41) is 3.16. The Morgan fingerprint density at radius 1 is 0.912 bits per heavy atom. The zero-order valence-corrected chi connectivity index (χ0v) is 21.4. The number of carbonyl (C=O) groups is 1. The molecular weight excluding hydrogens is 444 g/mol. The Morgan fingerprint density at radius 2 is 1.56 bits per heavy atom. The van der Waals surface area contributed by atoms with Gasteiger partial charge in [0.2, 0.25) is 10.0 Å². The molecule has 6 heteroatoms. The predicted molar refractivity (Wildman–Crippen MR) is 139 cm³/mol. The molecule has 1 atom stereocenters. The molecule has 0 unspecified atom stereocenters. The summed E-state index contributed by atoms with van der Waals surface area (Å²) in [7, 11) is -3.48. The quantitative estimate of drug-likeness (QED) is 0.423. The molecule has 0 heterocycles. The molecule has 0 saturated carbocycles. The van der Waals surface area contributed by atoms with Crippen LogP contribution in [0.4, 0.5) is 5.69 Å². The van der Waals surface area contributed by atoms with Gasteiger partial charge in [0.25, 0.3) is 5.91 Å². The Balaban J connectivity index is 1.77. The maximum atomic E-state index is 13.0. The number of amides is 1. The second-order valence-electron chi connectivity index (χ2n) is 9.30. The third-order valence-corrected chi connectivity index (χ3v) is 7.08. The molecule has 0 aliphatic carbocycles. The van der Waals surface area contributed by atoms with Gasteiger partial charge in [0.1, 0.15) is 0 Å². The fourth-order valence-electron chi connectivity index (χ4n) is 3.88. The highest BCUT2D eigenvalue weighted by Gasteiger charge is 2.20. The first-order valence-electron chi connectivity index (χ1n) is 11.5. The smallest absolute Gasteiger partial charge is 0.251 e. The summed E-state index contributed by atoms with van der Waals surface area (Å²) in [5.41, 5.74) is 5.21. The molecular formula is C28H34N2O3S. The highest BCUT2D eigenvalue weighted by Crippen LogP contribution is 2.24. The Hall–Kier alpha value is -3.12. The SMILES string of the molecule is Cc1ccc(N(Cc2ccc(C(=O)N[C@@H](CC(C)C)c3ccccc3)cc2)S(C)(=O)=O)cc1C. The Kier molecular flexibility index (Phi) is 8.15. The lowest BCUT2D eigenvalue weighted by atomic mass is 9.96. The number of aryl methyl sites for hydroxylation is 2. The summed E-state index contributed by atoms with van der Waals surface area (Å²) < 4.78 is 26.4. The van der Waals surface area contributed by atoms with Crippen LogP contribution in [0.5, 0.6) is 0 Å². The van der Waals surface area contributed by atoms with Gasteiger partial charge in [-0.25, -0.2) is 8.42 Å². The van der Waals surface area contributed by atoms with E-state index in [1.807, 2.05) is 74.5 Å². The normalized spacial score (nSPS) is 12.4. The van der Waals surface area contributed by atoms with Crippen molar-refractivity contribution in [2.45, 2.75) is 46.7 Å². The average Bonchev–Trinajstić information content (AvgIpc) is 2.79. The van der Waals surface area contributed by atoms with E-state index in [4.69, 9.17) is 0 Å². The molecule has 0 aliphatic heterocycles. The lowest BCUT2D eigenvalue weighted by molar-refractivity contribution is 0.0932. The van der Waals surface area contributed by atoms with Gasteiger partial charge in [-0.05, 0) is 72.7 Å². The molecule has 0 saturated heterocycles. The van der Waals surface area contributed by atoms with Crippen LogP contribution in [0.15, 0.2) is 72.8 Å². The Bertz CT molecular complexity index is 1220. The maximum Gasteiger partial charge on any atom is 0.251 e. The van der Waals surface area contributed by atoms with Crippen LogP contribution in [0, 0.1) is 19.8 Å². The monoisotopic (exact) mass is 478 g/mol. The minimum atomic E-state index is -3.48. The van der Waals surface area contributed by atoms with E-state index in [1.165, 1.54) is 10.6 Å². The van der Waals surface area contributed by atoms with E-state index in [1.54, 1.807) is 12.1 Å². The van der Waals surface area contributed by atoms with Crippen LogP contribution < -0.4 is 9.62 Å². The molecule has 3 aromatic rings. The number of sulfonamides is 1. The van der Waals surface area contributed by atoms with E-state index in [9.17, 15) is 13.2 Å². The summed E-state index contributed by atoms with van der Waals surface area (Å²) in [5.74, 6) is 0.287. The fourth-order valence-corrected chi connectivity index (χ4v) is 4.76. The van der Waals surface area contributed by atoms with Crippen molar-refractivity contribution in [3.63, 3.8) is 0 Å². The topological polar surface area (TPSA) is 66.5 Å². The predicted octanol–water partition coefficient (Wildman–Crippen LogP) is 5.79. The van der Waals surface area contributed by atoms with E-state index in [0.717, 1.165) is 28.7 Å². The van der Waals surface area contributed by atoms with Crippen LogP contribution in [-0.2, 0) is 16.6 Å². The van der Waals surface area contributed by atoms with Crippen molar-refractivity contribution in [1.29, 1.82) is 0 Å². The van der Waals surface area contributed by atoms with Crippen molar-refractivity contribution >= 4 is 21.6 Å². The molecule has 1 N–H and O–H groups in total. The van der Waals surface area contributed by atoms with Gasteiger partial charge in [-0.2, -0.15) is 0 Å². The molecule has 3 rings (SSSR count). The Labute approximate surface area is 203 Å². The van der Waals surface area contributed by atoms with Gasteiger partial charge < -0.3 is 5.32 Å². The minimum absolute atomic E-state index is 0.0705. The Morgan fingerprint density at radius 3 is 2.12 bits per heavy atom. The lowest BCUT2D eigenvalue weighted by Gasteiger charge is -2.24.